The molecule has 0 saturated carbocycles. The lowest BCUT2D eigenvalue weighted by molar-refractivity contribution is -0.132. The van der Waals surface area contributed by atoms with Crippen molar-refractivity contribution in [1.82, 2.24) is 15.1 Å². The minimum Gasteiger partial charge on any atom is -0.341 e. The van der Waals surface area contributed by atoms with Crippen molar-refractivity contribution in [3.8, 4) is 0 Å². The molecule has 2 fully saturated rings. The van der Waals surface area contributed by atoms with E-state index in [0.717, 1.165) is 19.5 Å². The summed E-state index contributed by atoms with van der Waals surface area (Å²) in [5.74, 6) is 0.329. The second-order valence-corrected chi connectivity index (χ2v) is 8.63. The molecular formula is C14H27N3O3S. The molecule has 0 aliphatic carbocycles. The van der Waals surface area contributed by atoms with Gasteiger partial charge in [-0.3, -0.25) is 9.69 Å². The number of hydrogen-bond acceptors (Lipinski definition) is 5. The minimum atomic E-state index is -2.94. The van der Waals surface area contributed by atoms with Crippen LogP contribution in [0.1, 0.15) is 25.7 Å². The highest BCUT2D eigenvalue weighted by atomic mass is 32.2. The Morgan fingerprint density at radius 1 is 1.24 bits per heavy atom. The van der Waals surface area contributed by atoms with Gasteiger partial charge < -0.3 is 10.2 Å². The Morgan fingerprint density at radius 2 is 2.00 bits per heavy atom. The highest BCUT2D eigenvalue weighted by molar-refractivity contribution is 7.91. The van der Waals surface area contributed by atoms with Crippen LogP contribution in [-0.4, -0.2) is 81.4 Å². The van der Waals surface area contributed by atoms with E-state index < -0.39 is 9.84 Å². The predicted octanol–water partition coefficient (Wildman–Crippen LogP) is -0.294. The van der Waals surface area contributed by atoms with E-state index in [1.165, 1.54) is 12.8 Å². The van der Waals surface area contributed by atoms with Crippen molar-refractivity contribution in [3.63, 3.8) is 0 Å². The number of amides is 1. The van der Waals surface area contributed by atoms with Crippen LogP contribution in [0.3, 0.4) is 0 Å². The van der Waals surface area contributed by atoms with E-state index in [1.807, 2.05) is 11.9 Å². The van der Waals surface area contributed by atoms with E-state index in [9.17, 15) is 13.2 Å². The molecule has 122 valence electrons. The maximum atomic E-state index is 12.3. The Bertz CT molecular complexity index is 460. The lowest BCUT2D eigenvalue weighted by atomic mass is 10.0. The first-order valence-electron chi connectivity index (χ1n) is 7.75. The van der Waals surface area contributed by atoms with Gasteiger partial charge in [0.25, 0.3) is 0 Å². The fraction of sp³-hybridized carbons (Fsp3) is 0.929. The SMILES string of the molecule is CN(CC(=O)N(C)C1CCS(=O)(=O)C1)CC1CCCCN1. The lowest BCUT2D eigenvalue weighted by Gasteiger charge is -2.30. The zero-order valence-corrected chi connectivity index (χ0v) is 13.9. The zero-order valence-electron chi connectivity index (χ0n) is 13.0. The fourth-order valence-electron chi connectivity index (χ4n) is 3.15. The first kappa shape index (κ1) is 16.7. The molecule has 1 N–H and O–H groups in total. The predicted molar refractivity (Wildman–Crippen MR) is 83.0 cm³/mol. The van der Waals surface area contributed by atoms with Crippen molar-refractivity contribution >= 4 is 15.7 Å². The van der Waals surface area contributed by atoms with Gasteiger partial charge in [-0.05, 0) is 32.9 Å². The van der Waals surface area contributed by atoms with Crippen LogP contribution >= 0.6 is 0 Å². The third-order valence-corrected chi connectivity index (χ3v) is 6.25. The second kappa shape index (κ2) is 7.07. The Hall–Kier alpha value is -0.660. The molecule has 6 nitrogen and oxygen atoms in total. The average Bonchev–Trinajstić information content (AvgIpc) is 2.79. The first-order chi connectivity index (χ1) is 9.87. The van der Waals surface area contributed by atoms with Crippen LogP contribution in [0.4, 0.5) is 0 Å². The van der Waals surface area contributed by atoms with Gasteiger partial charge in [-0.2, -0.15) is 0 Å². The van der Waals surface area contributed by atoms with E-state index in [-0.39, 0.29) is 23.5 Å². The highest BCUT2D eigenvalue weighted by Gasteiger charge is 2.32. The van der Waals surface area contributed by atoms with Crippen LogP contribution in [0, 0.1) is 0 Å². The first-order valence-corrected chi connectivity index (χ1v) is 9.57. The quantitative estimate of drug-likeness (QED) is 0.754. The molecule has 2 saturated heterocycles. The Morgan fingerprint density at radius 3 is 2.57 bits per heavy atom. The maximum Gasteiger partial charge on any atom is 0.236 e. The standard InChI is InChI=1S/C14H27N3O3S/c1-16(9-12-5-3-4-7-15-12)10-14(18)17(2)13-6-8-21(19,20)11-13/h12-13,15H,3-11H2,1-2H3. The number of nitrogens with one attached hydrogen (secondary N) is 1. The van der Waals surface area contributed by atoms with Gasteiger partial charge in [0.15, 0.2) is 9.84 Å². The van der Waals surface area contributed by atoms with Crippen molar-refractivity contribution in [2.75, 3.05) is 45.2 Å². The lowest BCUT2D eigenvalue weighted by Crippen LogP contribution is -2.47. The van der Waals surface area contributed by atoms with Crippen LogP contribution < -0.4 is 5.32 Å². The van der Waals surface area contributed by atoms with Crippen LogP contribution in [0.15, 0.2) is 0 Å². The summed E-state index contributed by atoms with van der Waals surface area (Å²) < 4.78 is 23.0. The van der Waals surface area contributed by atoms with E-state index in [0.29, 0.717) is 19.0 Å². The number of nitrogens with zero attached hydrogens (tertiary/aromatic N) is 2. The maximum absolute atomic E-state index is 12.3. The number of piperidine rings is 1. The van der Waals surface area contributed by atoms with Gasteiger partial charge in [0, 0.05) is 25.7 Å². The normalized spacial score (nSPS) is 28.7. The number of carbonyl (C=O) groups excluding carboxylic acids is 1. The van der Waals surface area contributed by atoms with E-state index in [2.05, 4.69) is 5.32 Å². The van der Waals surface area contributed by atoms with Crippen molar-refractivity contribution < 1.29 is 13.2 Å². The van der Waals surface area contributed by atoms with E-state index >= 15 is 0 Å². The van der Waals surface area contributed by atoms with Crippen molar-refractivity contribution in [3.05, 3.63) is 0 Å². The van der Waals surface area contributed by atoms with Crippen LogP contribution in [0.2, 0.25) is 0 Å². The summed E-state index contributed by atoms with van der Waals surface area (Å²) in [6.07, 6.45) is 4.21. The number of likely N-dealkylation sites (N-methyl/N-ethyl adjacent to an activating group) is 2. The second-order valence-electron chi connectivity index (χ2n) is 6.41. The Kier molecular flexibility index (Phi) is 5.62. The van der Waals surface area contributed by atoms with Gasteiger partial charge in [0.05, 0.1) is 18.1 Å². The molecule has 0 spiro atoms. The van der Waals surface area contributed by atoms with Crippen LogP contribution in [0.5, 0.6) is 0 Å². The third-order valence-electron chi connectivity index (χ3n) is 4.50. The number of sulfone groups is 1. The third kappa shape index (κ3) is 4.93. The highest BCUT2D eigenvalue weighted by Crippen LogP contribution is 2.16. The van der Waals surface area contributed by atoms with Gasteiger partial charge in [0.1, 0.15) is 0 Å². The molecular weight excluding hydrogens is 290 g/mol. The summed E-state index contributed by atoms with van der Waals surface area (Å²) in [6.45, 7) is 2.28. The zero-order chi connectivity index (χ0) is 15.5. The molecule has 0 radical (unpaired) electrons. The molecule has 2 atom stereocenters. The minimum absolute atomic E-state index is 0.00964. The van der Waals surface area contributed by atoms with Gasteiger partial charge in [0.2, 0.25) is 5.91 Å². The molecule has 0 aromatic rings. The smallest absolute Gasteiger partial charge is 0.236 e. The summed E-state index contributed by atoms with van der Waals surface area (Å²) in [4.78, 5) is 15.9. The monoisotopic (exact) mass is 317 g/mol. The fourth-order valence-corrected chi connectivity index (χ4v) is 4.92. The molecule has 2 aliphatic heterocycles. The van der Waals surface area contributed by atoms with Crippen LogP contribution in [-0.2, 0) is 14.6 Å². The van der Waals surface area contributed by atoms with E-state index in [4.69, 9.17) is 0 Å². The number of hydrogen-bond donors (Lipinski definition) is 1. The molecule has 2 rings (SSSR count). The molecule has 1 amide bonds. The molecule has 0 bridgehead atoms. The van der Waals surface area contributed by atoms with Gasteiger partial charge in [-0.1, -0.05) is 6.42 Å². The van der Waals surface area contributed by atoms with Gasteiger partial charge in [-0.15, -0.1) is 0 Å². The topological polar surface area (TPSA) is 69.7 Å². The van der Waals surface area contributed by atoms with Crippen LogP contribution in [0.25, 0.3) is 0 Å². The Labute approximate surface area is 127 Å². The molecule has 21 heavy (non-hydrogen) atoms. The number of rotatable bonds is 5. The molecule has 7 heteroatoms. The molecule has 2 heterocycles. The summed E-state index contributed by atoms with van der Waals surface area (Å²) in [5, 5.41) is 3.47. The molecule has 2 aliphatic rings. The Balaban J connectivity index is 1.77. The summed E-state index contributed by atoms with van der Waals surface area (Å²) in [7, 11) is 0.732. The van der Waals surface area contributed by atoms with Crippen molar-refractivity contribution in [1.29, 1.82) is 0 Å². The number of carbonyl (C=O) groups is 1. The van der Waals surface area contributed by atoms with Gasteiger partial charge in [-0.25, -0.2) is 8.42 Å². The largest absolute Gasteiger partial charge is 0.341 e. The summed E-state index contributed by atoms with van der Waals surface area (Å²) in [6, 6.07) is 0.317. The van der Waals surface area contributed by atoms with Crippen molar-refractivity contribution in [2.24, 2.45) is 0 Å². The van der Waals surface area contributed by atoms with E-state index in [1.54, 1.807) is 11.9 Å². The molecule has 2 unspecified atom stereocenters. The molecule has 0 aromatic heterocycles. The summed E-state index contributed by atoms with van der Waals surface area (Å²) >= 11 is 0. The summed E-state index contributed by atoms with van der Waals surface area (Å²) in [5.41, 5.74) is 0. The molecule has 0 aromatic carbocycles. The van der Waals surface area contributed by atoms with Gasteiger partial charge >= 0.3 is 0 Å². The average molecular weight is 317 g/mol. The van der Waals surface area contributed by atoms with Crippen molar-refractivity contribution in [2.45, 2.75) is 37.8 Å².